The zero-order chi connectivity index (χ0) is 17.1. The van der Waals surface area contributed by atoms with E-state index in [9.17, 15) is 4.79 Å². The minimum atomic E-state index is -0.217. The van der Waals surface area contributed by atoms with Gasteiger partial charge in [-0.2, -0.15) is 0 Å². The number of carbonyl (C=O) groups is 1. The molecule has 0 aliphatic carbocycles. The number of thiocarbonyl (C=S) groups is 1. The van der Waals surface area contributed by atoms with E-state index in [1.165, 1.54) is 11.8 Å². The molecule has 1 heterocycles. The van der Waals surface area contributed by atoms with Crippen LogP contribution >= 0.6 is 47.2 Å². The van der Waals surface area contributed by atoms with Crippen LogP contribution in [0.3, 0.4) is 0 Å². The second kappa shape index (κ2) is 7.57. The molecule has 1 amide bonds. The van der Waals surface area contributed by atoms with Gasteiger partial charge in [0.1, 0.15) is 16.7 Å². The lowest BCUT2D eigenvalue weighted by Crippen LogP contribution is -2.17. The van der Waals surface area contributed by atoms with E-state index >= 15 is 0 Å². The van der Waals surface area contributed by atoms with E-state index in [0.29, 0.717) is 37.2 Å². The molecular formula is C17H11Cl2NO2S2. The summed E-state index contributed by atoms with van der Waals surface area (Å²) in [5.74, 6) is 0.406. The number of hydrogen-bond acceptors (Lipinski definition) is 4. The predicted molar refractivity (Wildman–Crippen MR) is 104 cm³/mol. The summed E-state index contributed by atoms with van der Waals surface area (Å²) < 4.78 is 6.31. The molecule has 1 aliphatic rings. The largest absolute Gasteiger partial charge is 0.488 e. The molecule has 0 saturated carbocycles. The van der Waals surface area contributed by atoms with Gasteiger partial charge >= 0.3 is 0 Å². The summed E-state index contributed by atoms with van der Waals surface area (Å²) in [6.07, 6.45) is 1.72. The van der Waals surface area contributed by atoms with E-state index in [4.69, 9.17) is 40.2 Å². The van der Waals surface area contributed by atoms with Gasteiger partial charge in [0.15, 0.2) is 0 Å². The van der Waals surface area contributed by atoms with Crippen LogP contribution in [0.2, 0.25) is 10.0 Å². The van der Waals surface area contributed by atoms with E-state index in [1.807, 2.05) is 24.3 Å². The molecule has 0 atom stereocenters. The number of nitrogens with one attached hydrogen (secondary N) is 1. The quantitative estimate of drug-likeness (QED) is 0.579. The molecule has 2 aromatic rings. The minimum absolute atomic E-state index is 0.217. The maximum Gasteiger partial charge on any atom is 0.263 e. The average Bonchev–Trinajstić information content (AvgIpc) is 2.84. The molecule has 122 valence electrons. The van der Waals surface area contributed by atoms with E-state index in [-0.39, 0.29) is 5.91 Å². The summed E-state index contributed by atoms with van der Waals surface area (Å²) in [6.45, 7) is 0.357. The van der Waals surface area contributed by atoms with Crippen LogP contribution in [-0.4, -0.2) is 10.2 Å². The fraction of sp³-hybridized carbons (Fsp3) is 0.0588. The monoisotopic (exact) mass is 395 g/mol. The Bertz CT molecular complexity index is 852. The molecule has 2 aromatic carbocycles. The Kier molecular flexibility index (Phi) is 5.46. The van der Waals surface area contributed by atoms with Crippen molar-refractivity contribution in [3.05, 3.63) is 68.5 Å². The zero-order valence-corrected chi connectivity index (χ0v) is 15.4. The molecule has 1 aliphatic heterocycles. The van der Waals surface area contributed by atoms with Crippen molar-refractivity contribution in [1.29, 1.82) is 0 Å². The number of rotatable bonds is 4. The van der Waals surface area contributed by atoms with Crippen molar-refractivity contribution in [2.24, 2.45) is 0 Å². The first-order valence-corrected chi connectivity index (χ1v) is 8.91. The van der Waals surface area contributed by atoms with Crippen molar-refractivity contribution < 1.29 is 9.53 Å². The Hall–Kier alpha value is -1.53. The summed E-state index contributed by atoms with van der Waals surface area (Å²) in [6, 6.07) is 12.7. The third-order valence-electron chi connectivity index (χ3n) is 3.18. The molecule has 24 heavy (non-hydrogen) atoms. The molecular weight excluding hydrogens is 385 g/mol. The van der Waals surface area contributed by atoms with Gasteiger partial charge in [0.05, 0.1) is 4.91 Å². The normalized spacial score (nSPS) is 15.7. The molecule has 0 spiro atoms. The van der Waals surface area contributed by atoms with E-state index in [2.05, 4.69) is 5.32 Å². The van der Waals surface area contributed by atoms with Crippen molar-refractivity contribution in [2.45, 2.75) is 6.61 Å². The Labute approximate surface area is 159 Å². The third kappa shape index (κ3) is 4.30. The highest BCUT2D eigenvalue weighted by atomic mass is 35.5. The standard InChI is InChI=1S/C17H11Cl2NO2S2/c18-12-3-1-2-10(6-12)9-22-14-5-4-13(19)7-11(14)8-15-16(21)20-17(23)24-15/h1-8H,9H2,(H,20,21,23)/b15-8-. The number of benzene rings is 2. The fourth-order valence-corrected chi connectivity index (χ4v) is 3.54. The molecule has 1 N–H and O–H groups in total. The number of ether oxygens (including phenoxy) is 1. The van der Waals surface area contributed by atoms with Gasteiger partial charge in [0.2, 0.25) is 0 Å². The summed E-state index contributed by atoms with van der Waals surface area (Å²) in [4.78, 5) is 12.3. The van der Waals surface area contributed by atoms with Gasteiger partial charge in [-0.1, -0.05) is 59.3 Å². The van der Waals surface area contributed by atoms with Gasteiger partial charge in [-0.05, 0) is 42.0 Å². The van der Waals surface area contributed by atoms with Gasteiger partial charge in [0, 0.05) is 15.6 Å². The van der Waals surface area contributed by atoms with Crippen LogP contribution in [-0.2, 0) is 11.4 Å². The molecule has 0 aromatic heterocycles. The van der Waals surface area contributed by atoms with Crippen molar-refractivity contribution in [1.82, 2.24) is 5.32 Å². The summed E-state index contributed by atoms with van der Waals surface area (Å²) >= 11 is 18.3. The van der Waals surface area contributed by atoms with E-state index in [1.54, 1.807) is 24.3 Å². The predicted octanol–water partition coefficient (Wildman–Crippen LogP) is 5.06. The number of halogens is 2. The van der Waals surface area contributed by atoms with Crippen molar-refractivity contribution in [2.75, 3.05) is 0 Å². The third-order valence-corrected chi connectivity index (χ3v) is 4.82. The summed E-state index contributed by atoms with van der Waals surface area (Å²) in [5, 5.41) is 3.80. The fourth-order valence-electron chi connectivity index (χ4n) is 2.11. The van der Waals surface area contributed by atoms with Crippen LogP contribution in [0.1, 0.15) is 11.1 Å². The zero-order valence-electron chi connectivity index (χ0n) is 12.2. The molecule has 3 nitrogen and oxygen atoms in total. The van der Waals surface area contributed by atoms with Crippen molar-refractivity contribution >= 4 is 63.5 Å². The van der Waals surface area contributed by atoms with Crippen LogP contribution in [0, 0.1) is 0 Å². The highest BCUT2D eigenvalue weighted by molar-refractivity contribution is 8.26. The summed E-state index contributed by atoms with van der Waals surface area (Å²) in [5.41, 5.74) is 1.66. The van der Waals surface area contributed by atoms with Crippen molar-refractivity contribution in [3.63, 3.8) is 0 Å². The highest BCUT2D eigenvalue weighted by Crippen LogP contribution is 2.31. The number of carbonyl (C=O) groups excluding carboxylic acids is 1. The van der Waals surface area contributed by atoms with Crippen LogP contribution in [0.4, 0.5) is 0 Å². The van der Waals surface area contributed by atoms with Crippen molar-refractivity contribution in [3.8, 4) is 5.75 Å². The van der Waals surface area contributed by atoms with Gasteiger partial charge in [0.25, 0.3) is 5.91 Å². The second-order valence-electron chi connectivity index (χ2n) is 4.95. The maximum absolute atomic E-state index is 11.8. The first-order chi connectivity index (χ1) is 11.5. The number of hydrogen-bond donors (Lipinski definition) is 1. The molecule has 0 radical (unpaired) electrons. The molecule has 7 heteroatoms. The average molecular weight is 396 g/mol. The van der Waals surface area contributed by atoms with Crippen LogP contribution < -0.4 is 10.1 Å². The van der Waals surface area contributed by atoms with Crippen LogP contribution in [0.15, 0.2) is 47.4 Å². The molecule has 1 saturated heterocycles. The SMILES string of the molecule is O=C1NC(=S)S/C1=C\c1cc(Cl)ccc1OCc1cccc(Cl)c1. The Balaban J connectivity index is 1.84. The molecule has 1 fully saturated rings. The lowest BCUT2D eigenvalue weighted by Gasteiger charge is -2.10. The minimum Gasteiger partial charge on any atom is -0.488 e. The van der Waals surface area contributed by atoms with E-state index < -0.39 is 0 Å². The van der Waals surface area contributed by atoms with Gasteiger partial charge in [-0.15, -0.1) is 0 Å². The second-order valence-corrected chi connectivity index (χ2v) is 7.54. The first kappa shape index (κ1) is 17.3. The number of thioether (sulfide) groups is 1. The molecule has 0 bridgehead atoms. The Morgan fingerprint density at radius 2 is 1.96 bits per heavy atom. The topological polar surface area (TPSA) is 38.3 Å². The highest BCUT2D eigenvalue weighted by Gasteiger charge is 2.22. The maximum atomic E-state index is 11.8. The van der Waals surface area contributed by atoms with Crippen LogP contribution in [0.25, 0.3) is 6.08 Å². The van der Waals surface area contributed by atoms with Gasteiger partial charge in [-0.3, -0.25) is 4.79 Å². The number of amides is 1. The lowest BCUT2D eigenvalue weighted by atomic mass is 10.1. The van der Waals surface area contributed by atoms with E-state index in [0.717, 1.165) is 5.56 Å². The Morgan fingerprint density at radius 1 is 1.17 bits per heavy atom. The smallest absolute Gasteiger partial charge is 0.263 e. The molecule has 3 rings (SSSR count). The van der Waals surface area contributed by atoms with Gasteiger partial charge < -0.3 is 10.1 Å². The summed E-state index contributed by atoms with van der Waals surface area (Å²) in [7, 11) is 0. The first-order valence-electron chi connectivity index (χ1n) is 6.93. The van der Waals surface area contributed by atoms with Crippen LogP contribution in [0.5, 0.6) is 5.75 Å². The molecule has 0 unspecified atom stereocenters. The lowest BCUT2D eigenvalue weighted by molar-refractivity contribution is -0.115. The Morgan fingerprint density at radius 3 is 2.67 bits per heavy atom. The van der Waals surface area contributed by atoms with Gasteiger partial charge in [-0.25, -0.2) is 0 Å².